The van der Waals surface area contributed by atoms with E-state index in [1.54, 1.807) is 11.8 Å². The summed E-state index contributed by atoms with van der Waals surface area (Å²) in [6.07, 6.45) is 4.13. The fourth-order valence-corrected chi connectivity index (χ4v) is 1.24. The van der Waals surface area contributed by atoms with Gasteiger partial charge in [0.05, 0.1) is 0 Å². The lowest BCUT2D eigenvalue weighted by Crippen LogP contribution is -2.16. The minimum Gasteiger partial charge on any atom is -0.364 e. The van der Waals surface area contributed by atoms with Crippen molar-refractivity contribution in [3.8, 4) is 0 Å². The number of nitrogens with zero attached hydrogens (tertiary/aromatic N) is 1. The van der Waals surface area contributed by atoms with Crippen LogP contribution in [0.15, 0.2) is 12.2 Å². The highest BCUT2D eigenvalue weighted by Crippen LogP contribution is 2.05. The van der Waals surface area contributed by atoms with Gasteiger partial charge in [0.1, 0.15) is 4.32 Å². The van der Waals surface area contributed by atoms with Crippen molar-refractivity contribution in [2.75, 3.05) is 19.8 Å². The number of hydrogen-bond donors (Lipinski definition) is 0. The Morgan fingerprint density at radius 3 is 2.60 bits per heavy atom. The Kier molecular flexibility index (Phi) is 5.73. The summed E-state index contributed by atoms with van der Waals surface area (Å²) >= 11 is 6.73. The topological polar surface area (TPSA) is 3.24 Å². The first-order valence-corrected chi connectivity index (χ1v) is 4.53. The third-order valence-corrected chi connectivity index (χ3v) is 2.59. The molecule has 0 atom stereocenters. The van der Waals surface area contributed by atoms with Crippen molar-refractivity contribution >= 4 is 28.3 Å². The average Bonchev–Trinajstić information content (AvgIpc) is 1.88. The quantitative estimate of drug-likeness (QED) is 0.467. The Morgan fingerprint density at radius 2 is 2.20 bits per heavy atom. The molecule has 0 fully saturated rings. The van der Waals surface area contributed by atoms with Gasteiger partial charge in [0.15, 0.2) is 0 Å². The fraction of sp³-hybridized carbons (Fsp3) is 0.571. The lowest BCUT2D eigenvalue weighted by molar-refractivity contribution is 0.648. The maximum absolute atomic E-state index is 5.05. The van der Waals surface area contributed by atoms with Gasteiger partial charge in [-0.25, -0.2) is 0 Å². The lowest BCUT2D eigenvalue weighted by Gasteiger charge is -2.10. The predicted molar refractivity (Wildman–Crippen MR) is 53.6 cm³/mol. The monoisotopic (exact) mass is 175 g/mol. The summed E-state index contributed by atoms with van der Waals surface area (Å²) in [7, 11) is 3.93. The number of allylic oxidation sites excluding steroid dienone is 1. The molecular formula is C7H13NS2. The van der Waals surface area contributed by atoms with Crippen molar-refractivity contribution in [2.45, 2.75) is 6.92 Å². The zero-order valence-corrected chi connectivity index (χ0v) is 8.26. The molecule has 0 rings (SSSR count). The summed E-state index contributed by atoms with van der Waals surface area (Å²) in [5, 5.41) is 0. The maximum Gasteiger partial charge on any atom is 0.136 e. The second kappa shape index (κ2) is 5.74. The molecule has 0 saturated carbocycles. The first-order valence-electron chi connectivity index (χ1n) is 3.13. The largest absolute Gasteiger partial charge is 0.364 e. The number of rotatable bonds is 2. The van der Waals surface area contributed by atoms with E-state index in [4.69, 9.17) is 12.2 Å². The van der Waals surface area contributed by atoms with Gasteiger partial charge in [0, 0.05) is 19.8 Å². The predicted octanol–water partition coefficient (Wildman–Crippen LogP) is 2.14. The minimum atomic E-state index is 0.943. The highest BCUT2D eigenvalue weighted by molar-refractivity contribution is 8.23. The summed E-state index contributed by atoms with van der Waals surface area (Å²) in [6.45, 7) is 2.01. The van der Waals surface area contributed by atoms with E-state index in [2.05, 4.69) is 6.08 Å². The molecule has 0 saturated heterocycles. The van der Waals surface area contributed by atoms with Gasteiger partial charge in [0.2, 0.25) is 0 Å². The summed E-state index contributed by atoms with van der Waals surface area (Å²) < 4.78 is 0.943. The highest BCUT2D eigenvalue weighted by Gasteiger charge is 1.95. The molecule has 0 aromatic heterocycles. The van der Waals surface area contributed by atoms with E-state index in [1.165, 1.54) is 0 Å². The van der Waals surface area contributed by atoms with Crippen molar-refractivity contribution in [2.24, 2.45) is 0 Å². The number of hydrogen-bond acceptors (Lipinski definition) is 2. The zero-order chi connectivity index (χ0) is 7.98. The standard InChI is InChI=1S/C7H13NS2/c1-4-5-6-10-7(9)8(2)3/h4-5H,6H2,1-3H3/b5-4-. The molecule has 0 aliphatic rings. The van der Waals surface area contributed by atoms with E-state index >= 15 is 0 Å². The van der Waals surface area contributed by atoms with Crippen LogP contribution in [0.25, 0.3) is 0 Å². The van der Waals surface area contributed by atoms with Crippen LogP contribution in [0.2, 0.25) is 0 Å². The molecule has 0 aliphatic heterocycles. The van der Waals surface area contributed by atoms with E-state index in [9.17, 15) is 0 Å². The van der Waals surface area contributed by atoms with Gasteiger partial charge in [-0.1, -0.05) is 36.1 Å². The van der Waals surface area contributed by atoms with Gasteiger partial charge in [-0.05, 0) is 6.92 Å². The van der Waals surface area contributed by atoms with Crippen LogP contribution >= 0.6 is 24.0 Å². The molecule has 0 heterocycles. The van der Waals surface area contributed by atoms with E-state index in [0.29, 0.717) is 0 Å². The molecule has 0 bridgehead atoms. The normalized spacial score (nSPS) is 10.3. The van der Waals surface area contributed by atoms with Crippen LogP contribution in [0, 0.1) is 0 Å². The van der Waals surface area contributed by atoms with Crippen LogP contribution in [0.4, 0.5) is 0 Å². The van der Waals surface area contributed by atoms with E-state index in [-0.39, 0.29) is 0 Å². The SMILES string of the molecule is C/C=C\CSC(=S)N(C)C. The van der Waals surface area contributed by atoms with Crippen molar-refractivity contribution < 1.29 is 0 Å². The molecule has 58 valence electrons. The van der Waals surface area contributed by atoms with Gasteiger partial charge in [-0.3, -0.25) is 0 Å². The Hall–Kier alpha value is -0.0200. The molecule has 0 aromatic carbocycles. The Labute approximate surface area is 72.5 Å². The molecular weight excluding hydrogens is 162 g/mol. The van der Waals surface area contributed by atoms with E-state index < -0.39 is 0 Å². The third-order valence-electron chi connectivity index (χ3n) is 0.904. The fourth-order valence-electron chi connectivity index (χ4n) is 0.345. The molecule has 10 heavy (non-hydrogen) atoms. The van der Waals surface area contributed by atoms with Crippen molar-refractivity contribution in [3.63, 3.8) is 0 Å². The smallest absolute Gasteiger partial charge is 0.136 e. The van der Waals surface area contributed by atoms with Crippen LogP contribution in [0.1, 0.15) is 6.92 Å². The Bertz CT molecular complexity index is 130. The van der Waals surface area contributed by atoms with Gasteiger partial charge >= 0.3 is 0 Å². The molecule has 1 nitrogen and oxygen atoms in total. The number of thioether (sulfide) groups is 1. The van der Waals surface area contributed by atoms with Crippen LogP contribution < -0.4 is 0 Å². The van der Waals surface area contributed by atoms with Gasteiger partial charge in [-0.15, -0.1) is 0 Å². The van der Waals surface area contributed by atoms with Gasteiger partial charge in [0.25, 0.3) is 0 Å². The second-order valence-corrected chi connectivity index (χ2v) is 3.69. The summed E-state index contributed by atoms with van der Waals surface area (Å²) in [4.78, 5) is 1.95. The highest BCUT2D eigenvalue weighted by atomic mass is 32.2. The summed E-state index contributed by atoms with van der Waals surface area (Å²) in [5.41, 5.74) is 0. The average molecular weight is 175 g/mol. The first-order chi connectivity index (χ1) is 4.68. The van der Waals surface area contributed by atoms with Gasteiger partial charge < -0.3 is 4.90 Å². The molecule has 0 spiro atoms. The molecule has 3 heteroatoms. The van der Waals surface area contributed by atoms with Crippen molar-refractivity contribution in [1.82, 2.24) is 4.90 Å². The summed E-state index contributed by atoms with van der Waals surface area (Å²) in [5.74, 6) is 0.980. The Balaban J connectivity index is 3.40. The molecule has 0 aliphatic carbocycles. The Morgan fingerprint density at radius 1 is 1.60 bits per heavy atom. The first kappa shape index (κ1) is 9.98. The zero-order valence-electron chi connectivity index (χ0n) is 6.63. The molecule has 0 amide bonds. The lowest BCUT2D eigenvalue weighted by atomic mass is 10.6. The minimum absolute atomic E-state index is 0.943. The molecule has 0 unspecified atom stereocenters. The number of thiocarbonyl (C=S) groups is 1. The summed E-state index contributed by atoms with van der Waals surface area (Å²) in [6, 6.07) is 0. The molecule has 0 N–H and O–H groups in total. The third kappa shape index (κ3) is 4.82. The van der Waals surface area contributed by atoms with E-state index in [1.807, 2.05) is 32.0 Å². The molecule has 0 radical (unpaired) electrons. The van der Waals surface area contributed by atoms with Gasteiger partial charge in [-0.2, -0.15) is 0 Å². The van der Waals surface area contributed by atoms with Crippen LogP contribution in [0.5, 0.6) is 0 Å². The van der Waals surface area contributed by atoms with Crippen LogP contribution in [-0.2, 0) is 0 Å². The van der Waals surface area contributed by atoms with E-state index in [0.717, 1.165) is 10.1 Å². The van der Waals surface area contributed by atoms with Crippen molar-refractivity contribution in [3.05, 3.63) is 12.2 Å². The van der Waals surface area contributed by atoms with Crippen molar-refractivity contribution in [1.29, 1.82) is 0 Å². The van der Waals surface area contributed by atoms with Crippen LogP contribution in [-0.4, -0.2) is 29.1 Å². The van der Waals surface area contributed by atoms with Crippen LogP contribution in [0.3, 0.4) is 0 Å². The molecule has 0 aromatic rings. The maximum atomic E-state index is 5.05. The second-order valence-electron chi connectivity index (χ2n) is 2.04.